The predicted octanol–water partition coefficient (Wildman–Crippen LogP) is 2.26. The molecule has 0 saturated carbocycles. The molecule has 1 amide bonds. The van der Waals surface area contributed by atoms with Crippen molar-refractivity contribution in [1.29, 1.82) is 0 Å². The van der Waals surface area contributed by atoms with E-state index < -0.39 is 6.04 Å². The molecular formula is C15H25ClN2O3. The topological polar surface area (TPSA) is 73.6 Å². The van der Waals surface area contributed by atoms with Crippen molar-refractivity contribution in [3.05, 3.63) is 23.8 Å². The predicted molar refractivity (Wildman–Crippen MR) is 86.1 cm³/mol. The molecule has 0 spiro atoms. The molecule has 0 aliphatic heterocycles. The lowest BCUT2D eigenvalue weighted by Crippen LogP contribution is -2.40. The number of hydrogen-bond acceptors (Lipinski definition) is 4. The quantitative estimate of drug-likeness (QED) is 0.771. The molecule has 0 saturated heterocycles. The number of benzene rings is 1. The highest BCUT2D eigenvalue weighted by molar-refractivity contribution is 5.85. The largest absolute Gasteiger partial charge is 0.493 e. The maximum absolute atomic E-state index is 11.7. The highest BCUT2D eigenvalue weighted by atomic mass is 35.5. The number of nitrogens with two attached hydrogens (primary N) is 1. The van der Waals surface area contributed by atoms with Crippen LogP contribution in [0.5, 0.6) is 11.5 Å². The first-order valence-electron chi connectivity index (χ1n) is 6.95. The van der Waals surface area contributed by atoms with Gasteiger partial charge in [0.05, 0.1) is 19.8 Å². The van der Waals surface area contributed by atoms with Crippen LogP contribution in [-0.2, 0) is 11.3 Å². The summed E-state index contributed by atoms with van der Waals surface area (Å²) in [5, 5.41) is 2.83. The van der Waals surface area contributed by atoms with Crippen LogP contribution in [0.25, 0.3) is 0 Å². The molecule has 0 fully saturated rings. The van der Waals surface area contributed by atoms with Gasteiger partial charge in [-0.2, -0.15) is 0 Å². The number of carbonyl (C=O) groups is 1. The van der Waals surface area contributed by atoms with E-state index in [4.69, 9.17) is 15.2 Å². The second kappa shape index (κ2) is 10.3. The smallest absolute Gasteiger partial charge is 0.237 e. The lowest BCUT2D eigenvalue weighted by atomic mass is 10.1. The normalized spacial score (nSPS) is 11.2. The summed E-state index contributed by atoms with van der Waals surface area (Å²) in [5.41, 5.74) is 6.71. The van der Waals surface area contributed by atoms with Crippen LogP contribution in [0.1, 0.15) is 32.3 Å². The Morgan fingerprint density at radius 1 is 1.33 bits per heavy atom. The summed E-state index contributed by atoms with van der Waals surface area (Å²) in [6.07, 6.45) is 1.59. The molecule has 1 unspecified atom stereocenters. The molecule has 0 aromatic heterocycles. The second-order valence-corrected chi connectivity index (χ2v) is 4.53. The van der Waals surface area contributed by atoms with Crippen molar-refractivity contribution in [2.45, 2.75) is 39.3 Å². The van der Waals surface area contributed by atoms with E-state index in [0.717, 1.165) is 12.0 Å². The average molecular weight is 317 g/mol. The van der Waals surface area contributed by atoms with Crippen molar-refractivity contribution < 1.29 is 14.3 Å². The number of hydrogen-bond donors (Lipinski definition) is 2. The van der Waals surface area contributed by atoms with Gasteiger partial charge in [0.2, 0.25) is 5.91 Å². The summed E-state index contributed by atoms with van der Waals surface area (Å²) in [5.74, 6) is 1.24. The lowest BCUT2D eigenvalue weighted by molar-refractivity contribution is -0.122. The van der Waals surface area contributed by atoms with E-state index in [1.807, 2.05) is 32.0 Å². The summed E-state index contributed by atoms with van der Waals surface area (Å²) in [6.45, 7) is 4.91. The fourth-order valence-corrected chi connectivity index (χ4v) is 1.86. The molecule has 3 N–H and O–H groups in total. The van der Waals surface area contributed by atoms with Crippen molar-refractivity contribution >= 4 is 18.3 Å². The van der Waals surface area contributed by atoms with E-state index >= 15 is 0 Å². The number of carbonyl (C=O) groups excluding carboxylic acids is 1. The lowest BCUT2D eigenvalue weighted by Gasteiger charge is -2.13. The monoisotopic (exact) mass is 316 g/mol. The minimum absolute atomic E-state index is 0. The van der Waals surface area contributed by atoms with Crippen LogP contribution in [0.4, 0.5) is 0 Å². The van der Waals surface area contributed by atoms with Crippen LogP contribution in [-0.4, -0.2) is 25.7 Å². The van der Waals surface area contributed by atoms with Gasteiger partial charge in [-0.15, -0.1) is 12.4 Å². The fraction of sp³-hybridized carbons (Fsp3) is 0.533. The van der Waals surface area contributed by atoms with Crippen LogP contribution in [0.15, 0.2) is 18.2 Å². The third kappa shape index (κ3) is 6.23. The van der Waals surface area contributed by atoms with Gasteiger partial charge in [0.25, 0.3) is 0 Å². The van der Waals surface area contributed by atoms with Crippen LogP contribution < -0.4 is 20.5 Å². The van der Waals surface area contributed by atoms with Gasteiger partial charge >= 0.3 is 0 Å². The summed E-state index contributed by atoms with van der Waals surface area (Å²) in [6, 6.07) is 5.16. The zero-order valence-electron chi connectivity index (χ0n) is 12.8. The van der Waals surface area contributed by atoms with Gasteiger partial charge in [0.15, 0.2) is 11.5 Å². The van der Waals surface area contributed by atoms with Crippen molar-refractivity contribution in [1.82, 2.24) is 5.32 Å². The van der Waals surface area contributed by atoms with E-state index in [9.17, 15) is 4.79 Å². The SMILES string of the molecule is CCCC(N)C(=O)NCc1ccc(OC)c(OCC)c1.Cl. The van der Waals surface area contributed by atoms with E-state index in [1.165, 1.54) is 0 Å². The molecule has 0 aliphatic rings. The molecule has 1 rings (SSSR count). The number of halogens is 1. The maximum atomic E-state index is 11.7. The standard InChI is InChI=1S/C15H24N2O3.ClH/c1-4-6-12(16)15(18)17-10-11-7-8-13(19-3)14(9-11)20-5-2;/h7-9,12H,4-6,10,16H2,1-3H3,(H,17,18);1H. The highest BCUT2D eigenvalue weighted by Crippen LogP contribution is 2.27. The van der Waals surface area contributed by atoms with Gasteiger partial charge in [0.1, 0.15) is 0 Å². The Morgan fingerprint density at radius 3 is 2.62 bits per heavy atom. The molecule has 0 bridgehead atoms. The molecular weight excluding hydrogens is 292 g/mol. The Kier molecular flexibility index (Phi) is 9.58. The molecule has 0 radical (unpaired) electrons. The van der Waals surface area contributed by atoms with Gasteiger partial charge in [0, 0.05) is 6.54 Å². The third-order valence-corrected chi connectivity index (χ3v) is 2.93. The first-order chi connectivity index (χ1) is 9.62. The number of methoxy groups -OCH3 is 1. The fourth-order valence-electron chi connectivity index (χ4n) is 1.86. The van der Waals surface area contributed by atoms with Crippen molar-refractivity contribution in [3.63, 3.8) is 0 Å². The van der Waals surface area contributed by atoms with Crippen molar-refractivity contribution in [2.24, 2.45) is 5.73 Å². The maximum Gasteiger partial charge on any atom is 0.237 e. The molecule has 21 heavy (non-hydrogen) atoms. The Bertz CT molecular complexity index is 441. The number of ether oxygens (including phenoxy) is 2. The van der Waals surface area contributed by atoms with Gasteiger partial charge in [-0.25, -0.2) is 0 Å². The second-order valence-electron chi connectivity index (χ2n) is 4.53. The van der Waals surface area contributed by atoms with Crippen molar-refractivity contribution in [3.8, 4) is 11.5 Å². The van der Waals surface area contributed by atoms with Gasteiger partial charge in [-0.1, -0.05) is 19.4 Å². The Balaban J connectivity index is 0.00000400. The Labute approximate surface area is 132 Å². The molecule has 5 nitrogen and oxygen atoms in total. The molecule has 0 heterocycles. The number of amides is 1. The zero-order valence-corrected chi connectivity index (χ0v) is 13.7. The minimum atomic E-state index is -0.440. The zero-order chi connectivity index (χ0) is 15.0. The van der Waals surface area contributed by atoms with E-state index in [-0.39, 0.29) is 18.3 Å². The van der Waals surface area contributed by atoms with E-state index in [0.29, 0.717) is 31.1 Å². The highest BCUT2D eigenvalue weighted by Gasteiger charge is 2.12. The molecule has 120 valence electrons. The molecule has 1 aromatic carbocycles. The molecule has 1 atom stereocenters. The average Bonchev–Trinajstić information content (AvgIpc) is 2.45. The summed E-state index contributed by atoms with van der Waals surface area (Å²) >= 11 is 0. The van der Waals surface area contributed by atoms with Crippen LogP contribution >= 0.6 is 12.4 Å². The van der Waals surface area contributed by atoms with Gasteiger partial charge in [-0.05, 0) is 31.0 Å². The van der Waals surface area contributed by atoms with Crippen LogP contribution in [0.3, 0.4) is 0 Å². The van der Waals surface area contributed by atoms with Gasteiger partial charge in [-0.3, -0.25) is 4.79 Å². The first-order valence-corrected chi connectivity index (χ1v) is 6.95. The molecule has 1 aromatic rings. The first kappa shape index (κ1) is 19.5. The van der Waals surface area contributed by atoms with E-state index in [2.05, 4.69) is 5.32 Å². The van der Waals surface area contributed by atoms with Gasteiger partial charge < -0.3 is 20.5 Å². The molecule has 0 aliphatic carbocycles. The van der Waals surface area contributed by atoms with E-state index in [1.54, 1.807) is 7.11 Å². The number of nitrogens with one attached hydrogen (secondary N) is 1. The Hall–Kier alpha value is -1.46. The Morgan fingerprint density at radius 2 is 2.05 bits per heavy atom. The van der Waals surface area contributed by atoms with Crippen molar-refractivity contribution in [2.75, 3.05) is 13.7 Å². The number of rotatable bonds is 8. The van der Waals surface area contributed by atoms with Crippen LogP contribution in [0.2, 0.25) is 0 Å². The summed E-state index contributed by atoms with van der Waals surface area (Å²) in [7, 11) is 1.60. The minimum Gasteiger partial charge on any atom is -0.493 e. The third-order valence-electron chi connectivity index (χ3n) is 2.93. The van der Waals surface area contributed by atoms with Crippen LogP contribution in [0, 0.1) is 0 Å². The summed E-state index contributed by atoms with van der Waals surface area (Å²) in [4.78, 5) is 11.7. The summed E-state index contributed by atoms with van der Waals surface area (Å²) < 4.78 is 10.7. The molecule has 6 heteroatoms.